The number of fused-ring (bicyclic) bond motifs is 1. The van der Waals surface area contributed by atoms with Crippen molar-refractivity contribution in [2.75, 3.05) is 5.33 Å². The number of halogens is 1. The van der Waals surface area contributed by atoms with Crippen LogP contribution in [0.15, 0.2) is 24.3 Å². The molecule has 2 nitrogen and oxygen atoms in total. The first-order chi connectivity index (χ1) is 7.24. The van der Waals surface area contributed by atoms with E-state index in [0.29, 0.717) is 5.92 Å². The van der Waals surface area contributed by atoms with Crippen LogP contribution in [0.25, 0.3) is 11.0 Å². The molecule has 0 N–H and O–H groups in total. The van der Waals surface area contributed by atoms with E-state index in [0.717, 1.165) is 17.3 Å². The van der Waals surface area contributed by atoms with Gasteiger partial charge in [0.1, 0.15) is 5.82 Å². The lowest BCUT2D eigenvalue weighted by Crippen LogP contribution is -2.03. The van der Waals surface area contributed by atoms with Crippen molar-refractivity contribution in [2.24, 2.45) is 7.05 Å². The first kappa shape index (κ1) is 10.7. The Morgan fingerprint density at radius 2 is 2.13 bits per heavy atom. The average Bonchev–Trinajstić information content (AvgIpc) is 2.57. The smallest absolute Gasteiger partial charge is 0.112 e. The fourth-order valence-corrected chi connectivity index (χ4v) is 2.58. The van der Waals surface area contributed by atoms with Crippen LogP contribution in [0.1, 0.15) is 25.1 Å². The van der Waals surface area contributed by atoms with Gasteiger partial charge in [-0.2, -0.15) is 0 Å². The maximum atomic E-state index is 4.67. The number of rotatable bonds is 3. The second-order valence-corrected chi connectivity index (χ2v) is 4.69. The number of hydrogen-bond acceptors (Lipinski definition) is 1. The molecule has 0 radical (unpaired) electrons. The average molecular weight is 267 g/mol. The molecule has 2 rings (SSSR count). The Kier molecular flexibility index (Phi) is 3.10. The lowest BCUT2D eigenvalue weighted by molar-refractivity contribution is 0.655. The number of hydrogen-bond donors (Lipinski definition) is 0. The highest BCUT2D eigenvalue weighted by Gasteiger charge is 2.13. The molecule has 0 fully saturated rings. The van der Waals surface area contributed by atoms with E-state index in [2.05, 4.69) is 57.7 Å². The zero-order valence-corrected chi connectivity index (χ0v) is 10.7. The predicted octanol–water partition coefficient (Wildman–Crippen LogP) is 3.46. The van der Waals surface area contributed by atoms with Crippen LogP contribution in [-0.2, 0) is 7.05 Å². The third-order valence-corrected chi connectivity index (χ3v) is 3.26. The molecule has 0 aliphatic heterocycles. The van der Waals surface area contributed by atoms with Crippen molar-refractivity contribution < 1.29 is 0 Å². The van der Waals surface area contributed by atoms with Gasteiger partial charge in [-0.05, 0) is 18.6 Å². The number of aryl methyl sites for hydroxylation is 1. The van der Waals surface area contributed by atoms with Gasteiger partial charge < -0.3 is 4.57 Å². The molecule has 2 aromatic rings. The van der Waals surface area contributed by atoms with Crippen molar-refractivity contribution in [1.82, 2.24) is 9.55 Å². The molecular weight excluding hydrogens is 252 g/mol. The number of benzene rings is 1. The Morgan fingerprint density at radius 3 is 2.80 bits per heavy atom. The second kappa shape index (κ2) is 4.35. The molecule has 15 heavy (non-hydrogen) atoms. The van der Waals surface area contributed by atoms with E-state index in [1.54, 1.807) is 0 Å². The molecule has 0 aliphatic rings. The molecule has 0 saturated carbocycles. The maximum Gasteiger partial charge on any atom is 0.112 e. The summed E-state index contributed by atoms with van der Waals surface area (Å²) in [6.07, 6.45) is 1.12. The van der Waals surface area contributed by atoms with Crippen LogP contribution in [-0.4, -0.2) is 14.9 Å². The summed E-state index contributed by atoms with van der Waals surface area (Å²) in [6, 6.07) is 8.28. The molecule has 1 aromatic heterocycles. The first-order valence-electron chi connectivity index (χ1n) is 5.21. The highest BCUT2D eigenvalue weighted by atomic mass is 79.9. The highest BCUT2D eigenvalue weighted by molar-refractivity contribution is 9.09. The van der Waals surface area contributed by atoms with Crippen molar-refractivity contribution in [3.8, 4) is 0 Å². The topological polar surface area (TPSA) is 17.8 Å². The fraction of sp³-hybridized carbons (Fsp3) is 0.417. The minimum absolute atomic E-state index is 0.502. The van der Waals surface area contributed by atoms with Gasteiger partial charge in [0.15, 0.2) is 0 Å². The van der Waals surface area contributed by atoms with Gasteiger partial charge in [0.05, 0.1) is 11.0 Å². The van der Waals surface area contributed by atoms with E-state index in [1.165, 1.54) is 11.3 Å². The summed E-state index contributed by atoms with van der Waals surface area (Å²) < 4.78 is 2.20. The van der Waals surface area contributed by atoms with Gasteiger partial charge in [-0.3, -0.25) is 0 Å². The Hall–Kier alpha value is -0.830. The molecular formula is C12H15BrN2. The summed E-state index contributed by atoms with van der Waals surface area (Å²) in [5.74, 6) is 1.68. The molecule has 80 valence electrons. The number of imidazole rings is 1. The molecule has 0 amide bonds. The zero-order chi connectivity index (χ0) is 10.8. The number of aromatic nitrogens is 2. The van der Waals surface area contributed by atoms with Crippen LogP contribution in [0.5, 0.6) is 0 Å². The molecule has 0 saturated heterocycles. The maximum absolute atomic E-state index is 4.67. The van der Waals surface area contributed by atoms with Crippen LogP contribution < -0.4 is 0 Å². The SMILES string of the molecule is CC(CCBr)c1nc2ccccc2n1C. The van der Waals surface area contributed by atoms with E-state index >= 15 is 0 Å². The summed E-state index contributed by atoms with van der Waals surface area (Å²) in [5.41, 5.74) is 2.31. The summed E-state index contributed by atoms with van der Waals surface area (Å²) in [7, 11) is 2.09. The van der Waals surface area contributed by atoms with E-state index in [4.69, 9.17) is 0 Å². The van der Waals surface area contributed by atoms with Crippen LogP contribution in [0.3, 0.4) is 0 Å². The Morgan fingerprint density at radius 1 is 1.40 bits per heavy atom. The number of para-hydroxylation sites is 2. The monoisotopic (exact) mass is 266 g/mol. The van der Waals surface area contributed by atoms with Crippen molar-refractivity contribution in [1.29, 1.82) is 0 Å². The van der Waals surface area contributed by atoms with Crippen LogP contribution in [0.4, 0.5) is 0 Å². The van der Waals surface area contributed by atoms with Crippen LogP contribution in [0, 0.1) is 0 Å². The Labute approximate surface area is 98.4 Å². The van der Waals surface area contributed by atoms with Crippen molar-refractivity contribution in [3.63, 3.8) is 0 Å². The Bertz CT molecular complexity index is 462. The molecule has 0 bridgehead atoms. The molecule has 0 aliphatic carbocycles. The fourth-order valence-electron chi connectivity index (χ4n) is 1.90. The molecule has 1 unspecified atom stereocenters. The zero-order valence-electron chi connectivity index (χ0n) is 9.07. The van der Waals surface area contributed by atoms with Crippen LogP contribution >= 0.6 is 15.9 Å². The van der Waals surface area contributed by atoms with Crippen molar-refractivity contribution in [2.45, 2.75) is 19.3 Å². The van der Waals surface area contributed by atoms with Gasteiger partial charge in [0.2, 0.25) is 0 Å². The summed E-state index contributed by atoms with van der Waals surface area (Å²) in [5, 5.41) is 1.03. The lowest BCUT2D eigenvalue weighted by Gasteiger charge is -2.09. The molecule has 3 heteroatoms. The molecule has 1 aromatic carbocycles. The number of alkyl halides is 1. The second-order valence-electron chi connectivity index (χ2n) is 3.90. The van der Waals surface area contributed by atoms with Gasteiger partial charge in [-0.25, -0.2) is 4.98 Å². The molecule has 1 heterocycles. The van der Waals surface area contributed by atoms with E-state index in [1.807, 2.05) is 6.07 Å². The van der Waals surface area contributed by atoms with E-state index in [-0.39, 0.29) is 0 Å². The van der Waals surface area contributed by atoms with Gasteiger partial charge in [0, 0.05) is 18.3 Å². The third-order valence-electron chi connectivity index (χ3n) is 2.80. The molecule has 0 spiro atoms. The van der Waals surface area contributed by atoms with Crippen molar-refractivity contribution >= 4 is 27.0 Å². The summed E-state index contributed by atoms with van der Waals surface area (Å²) >= 11 is 3.48. The van der Waals surface area contributed by atoms with Crippen molar-refractivity contribution in [3.05, 3.63) is 30.1 Å². The normalized spacial score (nSPS) is 13.3. The summed E-state index contributed by atoms with van der Waals surface area (Å²) in [4.78, 5) is 4.67. The van der Waals surface area contributed by atoms with Gasteiger partial charge >= 0.3 is 0 Å². The largest absolute Gasteiger partial charge is 0.331 e. The molecule has 1 atom stereocenters. The van der Waals surface area contributed by atoms with Gasteiger partial charge in [-0.15, -0.1) is 0 Å². The highest BCUT2D eigenvalue weighted by Crippen LogP contribution is 2.23. The Balaban J connectivity index is 2.48. The third kappa shape index (κ3) is 1.93. The van der Waals surface area contributed by atoms with E-state index in [9.17, 15) is 0 Å². The quantitative estimate of drug-likeness (QED) is 0.779. The predicted molar refractivity (Wildman–Crippen MR) is 67.5 cm³/mol. The van der Waals surface area contributed by atoms with Crippen LogP contribution in [0.2, 0.25) is 0 Å². The standard InChI is InChI=1S/C12H15BrN2/c1-9(7-8-13)12-14-10-5-3-4-6-11(10)15(12)2/h3-6,9H,7-8H2,1-2H3. The minimum atomic E-state index is 0.502. The number of nitrogens with zero attached hydrogens (tertiary/aromatic N) is 2. The minimum Gasteiger partial charge on any atom is -0.331 e. The lowest BCUT2D eigenvalue weighted by atomic mass is 10.1. The summed E-state index contributed by atoms with van der Waals surface area (Å²) in [6.45, 7) is 2.22. The van der Waals surface area contributed by atoms with Gasteiger partial charge in [0.25, 0.3) is 0 Å². The first-order valence-corrected chi connectivity index (χ1v) is 6.33. The van der Waals surface area contributed by atoms with Gasteiger partial charge in [-0.1, -0.05) is 35.0 Å². The van der Waals surface area contributed by atoms with E-state index < -0.39 is 0 Å².